The van der Waals surface area contributed by atoms with Gasteiger partial charge in [0.2, 0.25) is 5.91 Å². The van der Waals surface area contributed by atoms with Gasteiger partial charge in [0.15, 0.2) is 0 Å². The lowest BCUT2D eigenvalue weighted by atomic mass is 9.95. The Bertz CT molecular complexity index is 1760. The predicted molar refractivity (Wildman–Crippen MR) is 151 cm³/mol. The van der Waals surface area contributed by atoms with Gasteiger partial charge in [0, 0.05) is 52.1 Å². The number of rotatable bonds is 9. The highest BCUT2D eigenvalue weighted by molar-refractivity contribution is 5.90. The Morgan fingerprint density at radius 3 is 2.62 bits per heavy atom. The summed E-state index contributed by atoms with van der Waals surface area (Å²) in [5, 5.41) is 4.44. The van der Waals surface area contributed by atoms with Gasteiger partial charge in [0.05, 0.1) is 18.2 Å². The average Bonchev–Trinajstić information content (AvgIpc) is 3.54. The van der Waals surface area contributed by atoms with Crippen LogP contribution in [-0.2, 0) is 17.6 Å². The first kappa shape index (κ1) is 26.7. The van der Waals surface area contributed by atoms with Crippen LogP contribution in [0.5, 0.6) is 0 Å². The zero-order chi connectivity index (χ0) is 28.2. The third-order valence-electron chi connectivity index (χ3n) is 6.60. The van der Waals surface area contributed by atoms with Crippen molar-refractivity contribution in [2.75, 3.05) is 0 Å². The van der Waals surface area contributed by atoms with Crippen molar-refractivity contribution < 1.29 is 18.0 Å². The number of nitrogens with zero attached hydrogens (tertiary/aromatic N) is 2. The largest absolute Gasteiger partial charge is 0.361 e. The lowest BCUT2D eigenvalue weighted by Gasteiger charge is -2.22. The number of amides is 1. The van der Waals surface area contributed by atoms with E-state index in [1.54, 1.807) is 24.7 Å². The summed E-state index contributed by atoms with van der Waals surface area (Å²) >= 11 is 0. The average molecular weight is 542 g/mol. The van der Waals surface area contributed by atoms with Gasteiger partial charge in [-0.2, -0.15) is 0 Å². The molecule has 0 spiro atoms. The topological polar surface area (TPSA) is 85.9 Å². The molecule has 0 aliphatic rings. The number of carbonyl (C=O) groups is 1. The number of H-pyrrole nitrogens is 2. The Morgan fingerprint density at radius 2 is 1.88 bits per heavy atom. The molecule has 202 valence electrons. The Hall–Kier alpha value is -4.92. The van der Waals surface area contributed by atoms with E-state index in [4.69, 9.17) is 0 Å². The van der Waals surface area contributed by atoms with Crippen LogP contribution in [0.15, 0.2) is 90.0 Å². The number of pyridine rings is 1. The molecule has 40 heavy (non-hydrogen) atoms. The van der Waals surface area contributed by atoms with Crippen molar-refractivity contribution in [2.24, 2.45) is 4.99 Å². The number of aliphatic imine (C=N–C) groups is 1. The summed E-state index contributed by atoms with van der Waals surface area (Å²) in [4.78, 5) is 28.2. The molecule has 5 aromatic rings. The number of benzene rings is 2. The van der Waals surface area contributed by atoms with Crippen LogP contribution in [0, 0.1) is 17.5 Å². The number of aromatic amines is 2. The second-order valence-corrected chi connectivity index (χ2v) is 9.38. The lowest BCUT2D eigenvalue weighted by Crippen LogP contribution is -2.39. The van der Waals surface area contributed by atoms with Crippen molar-refractivity contribution in [2.45, 2.75) is 25.8 Å². The predicted octanol–water partition coefficient (Wildman–Crippen LogP) is 6.42. The van der Waals surface area contributed by atoms with Crippen LogP contribution < -0.4 is 5.32 Å². The fourth-order valence-electron chi connectivity index (χ4n) is 4.86. The van der Waals surface area contributed by atoms with Crippen molar-refractivity contribution in [3.8, 4) is 0 Å². The zero-order valence-corrected chi connectivity index (χ0v) is 21.6. The number of aromatic nitrogens is 3. The fourth-order valence-corrected chi connectivity index (χ4v) is 4.86. The molecule has 1 amide bonds. The molecule has 3 heterocycles. The third kappa shape index (κ3) is 5.73. The van der Waals surface area contributed by atoms with E-state index >= 15 is 0 Å². The first-order chi connectivity index (χ1) is 19.3. The minimum Gasteiger partial charge on any atom is -0.361 e. The van der Waals surface area contributed by atoms with Gasteiger partial charge in [-0.3, -0.25) is 9.79 Å². The van der Waals surface area contributed by atoms with Crippen LogP contribution >= 0.6 is 0 Å². The van der Waals surface area contributed by atoms with Gasteiger partial charge >= 0.3 is 0 Å². The minimum atomic E-state index is -0.804. The quantitative estimate of drug-likeness (QED) is 0.149. The monoisotopic (exact) mass is 541 g/mol. The molecule has 3 aromatic heterocycles. The molecule has 3 N–H and O–H groups in total. The Morgan fingerprint density at radius 1 is 1.07 bits per heavy atom. The van der Waals surface area contributed by atoms with Crippen LogP contribution in [-0.4, -0.2) is 33.6 Å². The maximum absolute atomic E-state index is 14.1. The van der Waals surface area contributed by atoms with Gasteiger partial charge in [-0.05, 0) is 73.7 Å². The van der Waals surface area contributed by atoms with Gasteiger partial charge in [-0.25, -0.2) is 18.2 Å². The molecular formula is C31H26F3N5O. The summed E-state index contributed by atoms with van der Waals surface area (Å²) in [5.41, 5.74) is 4.12. The fraction of sp³-hybridized carbons (Fsp3) is 0.129. The molecule has 6 nitrogen and oxygen atoms in total. The molecule has 0 aliphatic carbocycles. The normalized spacial score (nSPS) is 13.1. The van der Waals surface area contributed by atoms with E-state index in [2.05, 4.69) is 32.0 Å². The van der Waals surface area contributed by atoms with E-state index in [9.17, 15) is 18.0 Å². The molecule has 0 radical (unpaired) electrons. The van der Waals surface area contributed by atoms with Crippen molar-refractivity contribution in [1.82, 2.24) is 20.3 Å². The molecule has 9 heteroatoms. The summed E-state index contributed by atoms with van der Waals surface area (Å²) in [6, 6.07) is 10.6. The van der Waals surface area contributed by atoms with Gasteiger partial charge in [0.1, 0.15) is 23.1 Å². The summed E-state index contributed by atoms with van der Waals surface area (Å²) in [7, 11) is 0. The number of halogens is 3. The second kappa shape index (κ2) is 11.4. The van der Waals surface area contributed by atoms with Crippen LogP contribution in [0.1, 0.15) is 23.6 Å². The number of carbonyl (C=O) groups excluding carboxylic acids is 1. The number of nitrogens with one attached hydrogen (secondary N) is 3. The smallest absolute Gasteiger partial charge is 0.225 e. The molecule has 0 fully saturated rings. The van der Waals surface area contributed by atoms with Crippen LogP contribution in [0.3, 0.4) is 0 Å². The van der Waals surface area contributed by atoms with E-state index in [1.807, 2.05) is 31.2 Å². The maximum atomic E-state index is 14.1. The van der Waals surface area contributed by atoms with E-state index in [0.29, 0.717) is 38.9 Å². The molecule has 0 aliphatic heterocycles. The summed E-state index contributed by atoms with van der Waals surface area (Å²) in [6.45, 7) is 5.60. The van der Waals surface area contributed by atoms with Crippen molar-refractivity contribution in [1.29, 1.82) is 0 Å². The van der Waals surface area contributed by atoms with E-state index < -0.39 is 23.5 Å². The van der Waals surface area contributed by atoms with Crippen LogP contribution in [0.25, 0.3) is 27.5 Å². The first-order valence-electron chi connectivity index (χ1n) is 12.6. The van der Waals surface area contributed by atoms with E-state index in [1.165, 1.54) is 24.3 Å². The van der Waals surface area contributed by atoms with Crippen molar-refractivity contribution in [3.05, 3.63) is 119 Å². The number of hydrogen-bond acceptors (Lipinski definition) is 3. The van der Waals surface area contributed by atoms with Gasteiger partial charge in [0.25, 0.3) is 0 Å². The summed E-state index contributed by atoms with van der Waals surface area (Å²) in [5.74, 6) is -2.25. The molecule has 2 aromatic carbocycles. The van der Waals surface area contributed by atoms with Crippen molar-refractivity contribution in [3.63, 3.8) is 0 Å². The number of fused-ring (bicyclic) bond motifs is 2. The van der Waals surface area contributed by atoms with Gasteiger partial charge in [-0.1, -0.05) is 12.2 Å². The second-order valence-electron chi connectivity index (χ2n) is 9.38. The molecule has 5 rings (SSSR count). The molecular weight excluding hydrogens is 515 g/mol. The highest BCUT2D eigenvalue weighted by Crippen LogP contribution is 2.28. The molecule has 0 saturated heterocycles. The summed E-state index contributed by atoms with van der Waals surface area (Å²) in [6.07, 6.45) is 8.75. The van der Waals surface area contributed by atoms with Gasteiger partial charge in [-0.15, -0.1) is 0 Å². The SMILES string of the molecule is C=N/C(=C(\C=C/C)c1cnc2[nH]ccc2c1)[C@H](Cc1cc(F)cc(F)c1)NC(=O)Cc1c[nH]c2ccc(F)cc12. The number of allylic oxidation sites excluding steroid dienone is 3. The van der Waals surface area contributed by atoms with E-state index in [-0.39, 0.29) is 18.7 Å². The first-order valence-corrected chi connectivity index (χ1v) is 12.6. The van der Waals surface area contributed by atoms with Gasteiger partial charge < -0.3 is 15.3 Å². The zero-order valence-electron chi connectivity index (χ0n) is 21.6. The molecule has 1 atom stereocenters. The maximum Gasteiger partial charge on any atom is 0.225 e. The summed E-state index contributed by atoms with van der Waals surface area (Å²) < 4.78 is 42.1. The molecule has 0 unspecified atom stereocenters. The highest BCUT2D eigenvalue weighted by atomic mass is 19.1. The molecule has 0 bridgehead atoms. The Balaban J connectivity index is 1.55. The highest BCUT2D eigenvalue weighted by Gasteiger charge is 2.23. The Labute approximate surface area is 228 Å². The van der Waals surface area contributed by atoms with Crippen LogP contribution in [0.4, 0.5) is 13.2 Å². The third-order valence-corrected chi connectivity index (χ3v) is 6.60. The Kier molecular flexibility index (Phi) is 7.63. The molecule has 0 saturated carbocycles. The minimum absolute atomic E-state index is 0.0398. The number of hydrogen-bond donors (Lipinski definition) is 3. The van der Waals surface area contributed by atoms with E-state index in [0.717, 1.165) is 17.0 Å². The standard InChI is InChI=1S/C31H26F3N5O/c1-3-4-25(20-12-19-7-8-36-31(19)38-17-20)30(35-2)28(11-18-9-23(33)14-24(34)10-18)39-29(40)13-21-16-37-27-6-5-22(32)15-26(21)27/h3-10,12,14-17,28,37H,2,11,13H2,1H3,(H,36,38)(H,39,40)/b4-3-,30-25+/t28-/m0/s1. The lowest BCUT2D eigenvalue weighted by molar-refractivity contribution is -0.120. The van der Waals surface area contributed by atoms with Crippen LogP contribution in [0.2, 0.25) is 0 Å². The van der Waals surface area contributed by atoms with Crippen molar-refractivity contribution >= 4 is 40.1 Å².